The second-order valence-corrected chi connectivity index (χ2v) is 26.4. The van der Waals surface area contributed by atoms with Gasteiger partial charge in [-0.05, 0) is 193 Å². The topological polar surface area (TPSA) is 19.6 Å². The molecule has 0 fully saturated rings. The van der Waals surface area contributed by atoms with Gasteiger partial charge in [-0.3, -0.25) is 0 Å². The van der Waals surface area contributed by atoms with Crippen LogP contribution < -0.4 is 26.2 Å². The number of fused-ring (bicyclic) bond motifs is 10. The molecule has 3 heterocycles. The maximum absolute atomic E-state index is 6.46. The Morgan fingerprint density at radius 2 is 0.914 bits per heavy atom. The van der Waals surface area contributed by atoms with Crippen molar-refractivity contribution in [2.75, 3.05) is 9.80 Å². The van der Waals surface area contributed by atoms with Crippen LogP contribution in [0.15, 0.2) is 120 Å². The molecule has 0 spiro atoms. The van der Waals surface area contributed by atoms with Crippen molar-refractivity contribution in [3.05, 3.63) is 166 Å². The second kappa shape index (κ2) is 14.5. The van der Waals surface area contributed by atoms with Crippen molar-refractivity contribution >= 4 is 73.8 Å². The number of allylic oxidation sites excluding steroid dienone is 1. The van der Waals surface area contributed by atoms with Gasteiger partial charge in [-0.25, -0.2) is 0 Å². The highest BCUT2D eigenvalue weighted by atomic mass is 16.3. The number of hydrogen-bond donors (Lipinski definition) is 0. The number of benzene rings is 6. The van der Waals surface area contributed by atoms with E-state index in [0.717, 1.165) is 24.2 Å². The quantitative estimate of drug-likeness (QED) is 0.165. The molecule has 1 aromatic heterocycles. The summed E-state index contributed by atoms with van der Waals surface area (Å²) >= 11 is 0. The molecule has 0 amide bonds. The van der Waals surface area contributed by atoms with E-state index in [2.05, 4.69) is 208 Å². The molecule has 0 atom stereocenters. The fraction of sp³-hybridized carbons (Fsp3) is 0.394. The number of anilines is 6. The standard InChI is InChI=1S/C66H71BN2O/c1-61(2)29-30-62(3,4)46-35-42(27-28-45(46)61)69-54-20-16-19-53-60(54)67(52-37-48-50(39-56(52)69)66(11,12)34-32-64(48,7)8)51-36-47-49(65(9,10)33-31-63(47,5)6)38-55(51)68(53)41-25-23-40(24-26-41)43-18-15-22-58-59(43)44-17-13-14-21-57(44)70-58/h13-14,16-21,23-28,35-39H,15,22,29-34H2,1-12H3. The SMILES string of the molecule is CC1(C)CCC(C)(C)c2cc(N3c4cc5c(cc4B4c6cc7c(cc6N(c6ccc(C8=CCCc9oc%10ccccc%10c98)cc6)c6cccc3c64)C(C)(C)CCC7(C)C)C(C)(C)CCC5(C)C)ccc21. The summed E-state index contributed by atoms with van der Waals surface area (Å²) in [5, 5.41) is 1.21. The van der Waals surface area contributed by atoms with E-state index in [1.807, 2.05) is 0 Å². The van der Waals surface area contributed by atoms with Crippen molar-refractivity contribution in [3.8, 4) is 0 Å². The second-order valence-electron chi connectivity index (χ2n) is 26.4. The van der Waals surface area contributed by atoms with Crippen LogP contribution in [-0.4, -0.2) is 6.71 Å². The molecule has 13 rings (SSSR count). The lowest BCUT2D eigenvalue weighted by Crippen LogP contribution is -2.62. The van der Waals surface area contributed by atoms with E-state index in [-0.39, 0.29) is 39.2 Å². The highest BCUT2D eigenvalue weighted by Crippen LogP contribution is 2.54. The maximum atomic E-state index is 6.46. The van der Waals surface area contributed by atoms with Crippen LogP contribution in [0.3, 0.4) is 0 Å². The number of aryl methyl sites for hydroxylation is 1. The van der Waals surface area contributed by atoms with Gasteiger partial charge in [-0.2, -0.15) is 0 Å². The van der Waals surface area contributed by atoms with Crippen LogP contribution in [0, 0.1) is 0 Å². The molecule has 6 aromatic carbocycles. The van der Waals surface area contributed by atoms with E-state index in [1.54, 1.807) is 0 Å². The Bertz CT molecular complexity index is 3410. The van der Waals surface area contributed by atoms with Gasteiger partial charge >= 0.3 is 0 Å². The molecule has 354 valence electrons. The van der Waals surface area contributed by atoms with Gasteiger partial charge in [0.05, 0.1) is 0 Å². The lowest BCUT2D eigenvalue weighted by molar-refractivity contribution is 0.332. The summed E-state index contributed by atoms with van der Waals surface area (Å²) in [4.78, 5) is 5.34. The van der Waals surface area contributed by atoms with Crippen LogP contribution in [0.25, 0.3) is 16.5 Å². The Morgan fingerprint density at radius 3 is 1.47 bits per heavy atom. The Balaban J connectivity index is 1.08. The predicted molar refractivity (Wildman–Crippen MR) is 298 cm³/mol. The molecule has 0 bridgehead atoms. The van der Waals surface area contributed by atoms with Crippen molar-refractivity contribution in [1.82, 2.24) is 0 Å². The summed E-state index contributed by atoms with van der Waals surface area (Å²) in [6, 6.07) is 43.6. The minimum absolute atomic E-state index is 0.0564. The first-order chi connectivity index (χ1) is 33.2. The van der Waals surface area contributed by atoms with E-state index < -0.39 is 0 Å². The molecule has 4 aliphatic carbocycles. The number of rotatable bonds is 3. The number of furan rings is 1. The van der Waals surface area contributed by atoms with Gasteiger partial charge in [0.15, 0.2) is 0 Å². The molecule has 0 radical (unpaired) electrons. The van der Waals surface area contributed by atoms with Crippen molar-refractivity contribution in [2.45, 2.75) is 167 Å². The molecule has 0 saturated carbocycles. The first-order valence-corrected chi connectivity index (χ1v) is 26.7. The Labute approximate surface area is 418 Å². The van der Waals surface area contributed by atoms with Crippen LogP contribution in [0.2, 0.25) is 0 Å². The summed E-state index contributed by atoms with van der Waals surface area (Å²) in [7, 11) is 0. The van der Waals surface area contributed by atoms with E-state index in [9.17, 15) is 0 Å². The first-order valence-electron chi connectivity index (χ1n) is 26.7. The van der Waals surface area contributed by atoms with Gasteiger partial charge in [-0.15, -0.1) is 0 Å². The van der Waals surface area contributed by atoms with Crippen molar-refractivity contribution in [3.63, 3.8) is 0 Å². The van der Waals surface area contributed by atoms with Crippen LogP contribution in [-0.2, 0) is 38.9 Å². The van der Waals surface area contributed by atoms with Crippen LogP contribution >= 0.6 is 0 Å². The molecule has 7 aromatic rings. The minimum Gasteiger partial charge on any atom is -0.460 e. The van der Waals surface area contributed by atoms with E-state index in [4.69, 9.17) is 4.42 Å². The number of para-hydroxylation sites is 1. The normalized spacial score (nSPS) is 21.1. The predicted octanol–water partition coefficient (Wildman–Crippen LogP) is 15.9. The highest BCUT2D eigenvalue weighted by molar-refractivity contribution is 7.00. The van der Waals surface area contributed by atoms with Crippen molar-refractivity contribution < 1.29 is 4.42 Å². The van der Waals surface area contributed by atoms with Gasteiger partial charge in [0.2, 0.25) is 0 Å². The number of hydrogen-bond acceptors (Lipinski definition) is 3. The summed E-state index contributed by atoms with van der Waals surface area (Å²) in [5.41, 5.74) is 26.3. The lowest BCUT2D eigenvalue weighted by Gasteiger charge is -2.49. The third-order valence-electron chi connectivity index (χ3n) is 19.1. The van der Waals surface area contributed by atoms with Crippen molar-refractivity contribution in [2.24, 2.45) is 0 Å². The average molecular weight is 919 g/mol. The van der Waals surface area contributed by atoms with Gasteiger partial charge in [0.25, 0.3) is 6.71 Å². The largest absolute Gasteiger partial charge is 0.460 e. The molecule has 2 aliphatic heterocycles. The molecule has 3 nitrogen and oxygen atoms in total. The smallest absolute Gasteiger partial charge is 0.252 e. The van der Waals surface area contributed by atoms with E-state index >= 15 is 0 Å². The summed E-state index contributed by atoms with van der Waals surface area (Å²) in [6.07, 6.45) is 11.5. The van der Waals surface area contributed by atoms with Crippen LogP contribution in [0.5, 0.6) is 0 Å². The fourth-order valence-corrected chi connectivity index (χ4v) is 14.4. The molecule has 0 saturated heterocycles. The molecular weight excluding hydrogens is 848 g/mol. The highest BCUT2D eigenvalue weighted by Gasteiger charge is 2.49. The van der Waals surface area contributed by atoms with Crippen LogP contribution in [0.1, 0.15) is 178 Å². The molecule has 0 unspecified atom stereocenters. The molecule has 6 aliphatic rings. The monoisotopic (exact) mass is 919 g/mol. The third-order valence-corrected chi connectivity index (χ3v) is 19.1. The van der Waals surface area contributed by atoms with Gasteiger partial charge in [-0.1, -0.05) is 144 Å². The van der Waals surface area contributed by atoms with Crippen molar-refractivity contribution in [1.29, 1.82) is 0 Å². The first kappa shape index (κ1) is 44.2. The average Bonchev–Trinajstić information content (AvgIpc) is 3.72. The maximum Gasteiger partial charge on any atom is 0.252 e. The Hall–Kier alpha value is -5.74. The summed E-state index contributed by atoms with van der Waals surface area (Å²) < 4.78 is 6.46. The fourth-order valence-electron chi connectivity index (χ4n) is 14.4. The van der Waals surface area contributed by atoms with Gasteiger partial charge in [0.1, 0.15) is 11.3 Å². The molecular formula is C66H71BN2O. The van der Waals surface area contributed by atoms with Gasteiger partial charge < -0.3 is 14.2 Å². The Morgan fingerprint density at radius 1 is 0.443 bits per heavy atom. The zero-order valence-electron chi connectivity index (χ0n) is 44.0. The Kier molecular flexibility index (Phi) is 9.13. The van der Waals surface area contributed by atoms with Gasteiger partial charge in [0, 0.05) is 51.5 Å². The zero-order chi connectivity index (χ0) is 48.7. The summed E-state index contributed by atoms with van der Waals surface area (Å²) in [6.45, 7) is 29.9. The van der Waals surface area contributed by atoms with Crippen LogP contribution in [0.4, 0.5) is 34.1 Å². The minimum atomic E-state index is 0.0564. The van der Waals surface area contributed by atoms with E-state index in [0.29, 0.717) is 0 Å². The molecule has 0 N–H and O–H groups in total. The molecule has 4 heteroatoms. The summed E-state index contributed by atoms with van der Waals surface area (Å²) in [5.74, 6) is 1.11. The zero-order valence-corrected chi connectivity index (χ0v) is 44.0. The lowest BCUT2D eigenvalue weighted by atomic mass is 9.32. The molecule has 70 heavy (non-hydrogen) atoms. The van der Waals surface area contributed by atoms with E-state index in [1.165, 1.54) is 145 Å². The number of nitrogens with zero attached hydrogens (tertiary/aromatic N) is 2. The third kappa shape index (κ3) is 6.26.